The van der Waals surface area contributed by atoms with E-state index in [1.807, 2.05) is 17.5 Å². The maximum absolute atomic E-state index is 11.8. The van der Waals surface area contributed by atoms with Crippen molar-refractivity contribution in [3.63, 3.8) is 0 Å². The van der Waals surface area contributed by atoms with E-state index in [1.54, 1.807) is 0 Å². The number of aromatic nitrogens is 1. The molecule has 0 aliphatic heterocycles. The third-order valence-electron chi connectivity index (χ3n) is 3.33. The molecule has 0 spiro atoms. The molecule has 1 heterocycles. The van der Waals surface area contributed by atoms with Crippen LogP contribution in [0, 0.1) is 0 Å². The van der Waals surface area contributed by atoms with Crippen molar-refractivity contribution in [2.75, 3.05) is 18.4 Å². The predicted molar refractivity (Wildman–Crippen MR) is 96.6 cm³/mol. The molecular weight excluding hydrogens is 324 g/mol. The van der Waals surface area contributed by atoms with E-state index >= 15 is 0 Å². The molecule has 0 saturated heterocycles. The molecule has 0 unspecified atom stereocenters. The Kier molecular flexibility index (Phi) is 6.74. The van der Waals surface area contributed by atoms with Gasteiger partial charge in [0.2, 0.25) is 11.8 Å². The number of amides is 2. The summed E-state index contributed by atoms with van der Waals surface area (Å²) in [5.74, 6) is -0.212. The number of carbonyl (C=O) groups excluding carboxylic acids is 2. The lowest BCUT2D eigenvalue weighted by Crippen LogP contribution is -2.34. The van der Waals surface area contributed by atoms with E-state index in [4.69, 9.17) is 0 Å². The van der Waals surface area contributed by atoms with Crippen LogP contribution >= 0.6 is 11.3 Å². The summed E-state index contributed by atoms with van der Waals surface area (Å²) in [5.41, 5.74) is 2.99. The Balaban J connectivity index is 1.79. The third-order valence-corrected chi connectivity index (χ3v) is 4.13. The van der Waals surface area contributed by atoms with Crippen LogP contribution in [0.3, 0.4) is 0 Å². The molecule has 128 valence electrons. The number of aryl methyl sites for hydroxylation is 1. The molecule has 1 aromatic carbocycles. The van der Waals surface area contributed by atoms with E-state index in [9.17, 15) is 9.59 Å². The Bertz CT molecular complexity index is 682. The minimum atomic E-state index is -0.107. The Morgan fingerprint density at radius 2 is 1.83 bits per heavy atom. The van der Waals surface area contributed by atoms with Gasteiger partial charge in [-0.2, -0.15) is 0 Å². The summed E-state index contributed by atoms with van der Waals surface area (Å²) in [6.45, 7) is 4.41. The van der Waals surface area contributed by atoms with Crippen molar-refractivity contribution in [1.29, 1.82) is 0 Å². The Hall–Kier alpha value is -2.41. The summed E-state index contributed by atoms with van der Waals surface area (Å²) in [5, 5.41) is 11.3. The van der Waals surface area contributed by atoms with Crippen LogP contribution in [0.1, 0.15) is 25.1 Å². The number of anilines is 2. The minimum Gasteiger partial charge on any atom is -0.355 e. The van der Waals surface area contributed by atoms with Gasteiger partial charge in [0.25, 0.3) is 0 Å². The maximum Gasteiger partial charge on any atom is 0.226 e. The van der Waals surface area contributed by atoms with Crippen molar-refractivity contribution < 1.29 is 9.59 Å². The van der Waals surface area contributed by atoms with Crippen LogP contribution in [0.15, 0.2) is 29.6 Å². The summed E-state index contributed by atoms with van der Waals surface area (Å²) >= 11 is 1.47. The normalized spacial score (nSPS) is 10.2. The van der Waals surface area contributed by atoms with E-state index in [-0.39, 0.29) is 18.2 Å². The molecule has 0 saturated carbocycles. The molecule has 2 amide bonds. The lowest BCUT2D eigenvalue weighted by Gasteiger charge is -2.05. The Labute approximate surface area is 145 Å². The summed E-state index contributed by atoms with van der Waals surface area (Å²) in [6.07, 6.45) is 1.24. The van der Waals surface area contributed by atoms with Crippen LogP contribution in [0.2, 0.25) is 0 Å². The highest BCUT2D eigenvalue weighted by molar-refractivity contribution is 7.13. The van der Waals surface area contributed by atoms with Gasteiger partial charge in [0.15, 0.2) is 5.13 Å². The predicted octanol–water partition coefficient (Wildman–Crippen LogP) is 2.24. The molecule has 24 heavy (non-hydrogen) atoms. The Morgan fingerprint density at radius 3 is 2.50 bits per heavy atom. The molecule has 6 nitrogen and oxygen atoms in total. The molecule has 3 N–H and O–H groups in total. The second kappa shape index (κ2) is 9.02. The molecule has 2 rings (SSSR count). The fourth-order valence-electron chi connectivity index (χ4n) is 2.06. The highest BCUT2D eigenvalue weighted by Crippen LogP contribution is 2.21. The van der Waals surface area contributed by atoms with Gasteiger partial charge in [0.05, 0.1) is 12.1 Å². The van der Waals surface area contributed by atoms with Crippen LogP contribution in [-0.4, -0.2) is 29.9 Å². The van der Waals surface area contributed by atoms with Gasteiger partial charge < -0.3 is 16.0 Å². The zero-order valence-corrected chi connectivity index (χ0v) is 14.7. The maximum atomic E-state index is 11.8. The number of hydrogen-bond donors (Lipinski definition) is 3. The van der Waals surface area contributed by atoms with Crippen LogP contribution in [0.5, 0.6) is 0 Å². The van der Waals surface area contributed by atoms with E-state index in [0.29, 0.717) is 13.1 Å². The molecular formula is C17H22N4O2S. The van der Waals surface area contributed by atoms with Crippen molar-refractivity contribution in [2.45, 2.75) is 26.7 Å². The zero-order chi connectivity index (χ0) is 17.4. The molecule has 0 fully saturated rings. The van der Waals surface area contributed by atoms with E-state index < -0.39 is 0 Å². The smallest absolute Gasteiger partial charge is 0.226 e. The largest absolute Gasteiger partial charge is 0.355 e. The quantitative estimate of drug-likeness (QED) is 0.640. The second-order valence-electron chi connectivity index (χ2n) is 5.33. The molecule has 0 aliphatic carbocycles. The van der Waals surface area contributed by atoms with Crippen molar-refractivity contribution in [3.8, 4) is 0 Å². The fourth-order valence-corrected chi connectivity index (χ4v) is 2.79. The van der Waals surface area contributed by atoms with Crippen molar-refractivity contribution in [3.05, 3.63) is 40.9 Å². The highest BCUT2D eigenvalue weighted by Gasteiger charge is 2.08. The van der Waals surface area contributed by atoms with E-state index in [2.05, 4.69) is 40.0 Å². The van der Waals surface area contributed by atoms with Gasteiger partial charge in [-0.15, -0.1) is 11.3 Å². The number of hydrogen-bond acceptors (Lipinski definition) is 5. The zero-order valence-electron chi connectivity index (χ0n) is 13.9. The first-order valence-electron chi connectivity index (χ1n) is 7.88. The molecule has 0 atom stereocenters. The molecule has 0 aliphatic rings. The number of nitrogens with one attached hydrogen (secondary N) is 3. The lowest BCUT2D eigenvalue weighted by molar-refractivity contribution is -0.121. The van der Waals surface area contributed by atoms with Gasteiger partial charge in [-0.1, -0.05) is 19.1 Å². The average molecular weight is 346 g/mol. The van der Waals surface area contributed by atoms with Crippen LogP contribution in [0.4, 0.5) is 10.8 Å². The Morgan fingerprint density at radius 1 is 1.12 bits per heavy atom. The van der Waals surface area contributed by atoms with Gasteiger partial charge in [-0.25, -0.2) is 4.98 Å². The van der Waals surface area contributed by atoms with E-state index in [0.717, 1.165) is 22.9 Å². The highest BCUT2D eigenvalue weighted by atomic mass is 32.1. The summed E-state index contributed by atoms with van der Waals surface area (Å²) in [6, 6.07) is 8.21. The van der Waals surface area contributed by atoms with Gasteiger partial charge >= 0.3 is 0 Å². The number of nitrogens with zero attached hydrogens (tertiary/aromatic N) is 1. The third kappa shape index (κ3) is 6.00. The number of thiazole rings is 1. The number of rotatable bonds is 8. The van der Waals surface area contributed by atoms with Crippen molar-refractivity contribution in [1.82, 2.24) is 15.6 Å². The first-order valence-corrected chi connectivity index (χ1v) is 8.76. The lowest BCUT2D eigenvalue weighted by atomic mass is 10.1. The van der Waals surface area contributed by atoms with Crippen LogP contribution in [0.25, 0.3) is 0 Å². The molecule has 0 radical (unpaired) electrons. The first kappa shape index (κ1) is 17.9. The fraction of sp³-hybridized carbons (Fsp3) is 0.353. The van der Waals surface area contributed by atoms with Crippen molar-refractivity contribution in [2.24, 2.45) is 0 Å². The SMILES string of the molecule is CCc1ccc(Nc2nc(CC(=O)NCCNC(C)=O)cs2)cc1. The molecule has 1 aromatic heterocycles. The second-order valence-corrected chi connectivity index (χ2v) is 6.19. The van der Waals surface area contributed by atoms with Crippen molar-refractivity contribution >= 4 is 34.0 Å². The topological polar surface area (TPSA) is 83.1 Å². The molecule has 2 aromatic rings. The van der Waals surface area contributed by atoms with Crippen LogP contribution in [-0.2, 0) is 22.4 Å². The average Bonchev–Trinajstić information content (AvgIpc) is 2.99. The van der Waals surface area contributed by atoms with Gasteiger partial charge in [0, 0.05) is 31.1 Å². The molecule has 0 bridgehead atoms. The number of benzene rings is 1. The van der Waals surface area contributed by atoms with Gasteiger partial charge in [-0.05, 0) is 24.1 Å². The monoisotopic (exact) mass is 346 g/mol. The van der Waals surface area contributed by atoms with Gasteiger partial charge in [-0.3, -0.25) is 9.59 Å². The summed E-state index contributed by atoms with van der Waals surface area (Å²) in [7, 11) is 0. The van der Waals surface area contributed by atoms with Crippen LogP contribution < -0.4 is 16.0 Å². The van der Waals surface area contributed by atoms with Gasteiger partial charge in [0.1, 0.15) is 0 Å². The number of carbonyl (C=O) groups is 2. The standard InChI is InChI=1S/C17H22N4O2S/c1-3-13-4-6-14(7-5-13)20-17-21-15(11-24-17)10-16(23)19-9-8-18-12(2)22/h4-7,11H,3,8-10H2,1-2H3,(H,18,22)(H,19,23)(H,20,21). The summed E-state index contributed by atoms with van der Waals surface area (Å²) < 4.78 is 0. The van der Waals surface area contributed by atoms with E-state index in [1.165, 1.54) is 23.8 Å². The minimum absolute atomic E-state index is 0.105. The first-order chi connectivity index (χ1) is 11.6. The summed E-state index contributed by atoms with van der Waals surface area (Å²) in [4.78, 5) is 27.0. The molecule has 7 heteroatoms.